The van der Waals surface area contributed by atoms with Crippen LogP contribution in [-0.4, -0.2) is 41.6 Å². The fraction of sp³-hybridized carbons (Fsp3) is 0.421. The molecule has 6 nitrogen and oxygen atoms in total. The smallest absolute Gasteiger partial charge is 0.310 e. The van der Waals surface area contributed by atoms with Crippen LogP contribution in [0.4, 0.5) is 4.39 Å². The molecule has 7 heteroatoms. The maximum Gasteiger partial charge on any atom is 0.310 e. The molecular weight excluding hydrogens is 339 g/mol. The summed E-state index contributed by atoms with van der Waals surface area (Å²) in [6, 6.07) is 7.54. The lowest BCUT2D eigenvalue weighted by Crippen LogP contribution is -2.43. The van der Waals surface area contributed by atoms with Crippen LogP contribution in [0.2, 0.25) is 0 Å². The van der Waals surface area contributed by atoms with Crippen molar-refractivity contribution in [3.8, 4) is 11.3 Å². The second-order valence-corrected chi connectivity index (χ2v) is 6.30. The number of piperidine rings is 1. The number of carbonyl (C=O) groups excluding carboxylic acids is 2. The third-order valence-electron chi connectivity index (χ3n) is 4.41. The summed E-state index contributed by atoms with van der Waals surface area (Å²) in [5.74, 6) is -0.455. The largest absolute Gasteiger partial charge is 0.466 e. The Morgan fingerprint density at radius 2 is 2.12 bits per heavy atom. The second kappa shape index (κ2) is 8.12. The first-order valence-corrected chi connectivity index (χ1v) is 8.72. The van der Waals surface area contributed by atoms with E-state index >= 15 is 0 Å². The van der Waals surface area contributed by atoms with Gasteiger partial charge in [-0.25, -0.2) is 4.39 Å². The second-order valence-electron chi connectivity index (χ2n) is 6.30. The molecule has 1 aromatic heterocycles. The Labute approximate surface area is 150 Å². The number of nitrogens with zero attached hydrogens (tertiary/aromatic N) is 2. The summed E-state index contributed by atoms with van der Waals surface area (Å²) in [5, 5.41) is 3.93. The van der Waals surface area contributed by atoms with Gasteiger partial charge in [-0.1, -0.05) is 5.16 Å². The van der Waals surface area contributed by atoms with Gasteiger partial charge in [0.2, 0.25) is 5.91 Å². The van der Waals surface area contributed by atoms with Crippen LogP contribution in [0.5, 0.6) is 0 Å². The van der Waals surface area contributed by atoms with Crippen molar-refractivity contribution < 1.29 is 23.2 Å². The lowest BCUT2D eigenvalue weighted by Gasteiger charge is -2.31. The van der Waals surface area contributed by atoms with Gasteiger partial charge in [-0.05, 0) is 44.0 Å². The van der Waals surface area contributed by atoms with Crippen LogP contribution in [0.1, 0.15) is 25.5 Å². The SMILES string of the molecule is CCOC(=O)C1CCCN(C(=O)Cc2cc(-c3ccc(F)cc3)on2)C1. The number of esters is 1. The highest BCUT2D eigenvalue weighted by Gasteiger charge is 2.29. The third-order valence-corrected chi connectivity index (χ3v) is 4.41. The first kappa shape index (κ1) is 18.1. The molecule has 1 aliphatic rings. The van der Waals surface area contributed by atoms with Crippen molar-refractivity contribution in [2.45, 2.75) is 26.2 Å². The maximum atomic E-state index is 13.0. The Bertz CT molecular complexity index is 772. The number of hydrogen-bond acceptors (Lipinski definition) is 5. The molecule has 2 aromatic rings. The van der Waals surface area contributed by atoms with E-state index in [1.807, 2.05) is 0 Å². The number of rotatable bonds is 5. The highest BCUT2D eigenvalue weighted by molar-refractivity contribution is 5.80. The van der Waals surface area contributed by atoms with Crippen molar-refractivity contribution in [3.05, 3.63) is 41.8 Å². The van der Waals surface area contributed by atoms with Gasteiger partial charge in [0.25, 0.3) is 0 Å². The molecule has 1 fully saturated rings. The molecular formula is C19H21FN2O4. The molecule has 1 aromatic carbocycles. The summed E-state index contributed by atoms with van der Waals surface area (Å²) in [4.78, 5) is 26.1. The highest BCUT2D eigenvalue weighted by Crippen LogP contribution is 2.22. The van der Waals surface area contributed by atoms with E-state index < -0.39 is 0 Å². The zero-order chi connectivity index (χ0) is 18.5. The van der Waals surface area contributed by atoms with E-state index in [0.29, 0.717) is 36.7 Å². The minimum absolute atomic E-state index is 0.0975. The van der Waals surface area contributed by atoms with Gasteiger partial charge < -0.3 is 14.2 Å². The fourth-order valence-corrected chi connectivity index (χ4v) is 3.07. The summed E-state index contributed by atoms with van der Waals surface area (Å²) in [6.07, 6.45) is 1.61. The molecule has 2 heterocycles. The Hall–Kier alpha value is -2.70. The van der Waals surface area contributed by atoms with E-state index in [-0.39, 0.29) is 30.0 Å². The molecule has 138 valence electrons. The van der Waals surface area contributed by atoms with Crippen LogP contribution in [0.15, 0.2) is 34.9 Å². The average molecular weight is 360 g/mol. The number of aromatic nitrogens is 1. The molecule has 1 amide bonds. The summed E-state index contributed by atoms with van der Waals surface area (Å²) < 4.78 is 23.3. The Kier molecular flexibility index (Phi) is 5.65. The molecule has 0 radical (unpaired) electrons. The van der Waals surface area contributed by atoms with Crippen molar-refractivity contribution in [1.29, 1.82) is 0 Å². The number of amides is 1. The lowest BCUT2D eigenvalue weighted by atomic mass is 9.98. The zero-order valence-electron chi connectivity index (χ0n) is 14.6. The molecule has 0 spiro atoms. The molecule has 0 aliphatic carbocycles. The Morgan fingerprint density at radius 1 is 1.35 bits per heavy atom. The van der Waals surface area contributed by atoms with Gasteiger partial charge in [0.1, 0.15) is 5.82 Å². The van der Waals surface area contributed by atoms with Gasteiger partial charge in [-0.3, -0.25) is 9.59 Å². The molecule has 1 saturated heterocycles. The van der Waals surface area contributed by atoms with Crippen LogP contribution >= 0.6 is 0 Å². The zero-order valence-corrected chi connectivity index (χ0v) is 14.6. The molecule has 1 unspecified atom stereocenters. The molecule has 0 saturated carbocycles. The predicted molar refractivity (Wildman–Crippen MR) is 91.5 cm³/mol. The van der Waals surface area contributed by atoms with E-state index in [1.165, 1.54) is 12.1 Å². The monoisotopic (exact) mass is 360 g/mol. The Morgan fingerprint density at radius 3 is 2.85 bits per heavy atom. The van der Waals surface area contributed by atoms with Gasteiger partial charge >= 0.3 is 5.97 Å². The minimum atomic E-state index is -0.329. The molecule has 1 aliphatic heterocycles. The average Bonchev–Trinajstić information content (AvgIpc) is 3.11. The van der Waals surface area contributed by atoms with Crippen LogP contribution in [0.3, 0.4) is 0 Å². The number of likely N-dealkylation sites (tertiary alicyclic amines) is 1. The number of carbonyl (C=O) groups is 2. The van der Waals surface area contributed by atoms with Gasteiger partial charge in [0.05, 0.1) is 24.6 Å². The maximum absolute atomic E-state index is 13.0. The number of hydrogen-bond donors (Lipinski definition) is 0. The van der Waals surface area contributed by atoms with Crippen molar-refractivity contribution in [2.24, 2.45) is 5.92 Å². The first-order chi connectivity index (χ1) is 12.6. The van der Waals surface area contributed by atoms with E-state index in [1.54, 1.807) is 30.0 Å². The number of ether oxygens (including phenoxy) is 1. The fourth-order valence-electron chi connectivity index (χ4n) is 3.07. The quantitative estimate of drug-likeness (QED) is 0.767. The van der Waals surface area contributed by atoms with Crippen LogP contribution < -0.4 is 0 Å². The minimum Gasteiger partial charge on any atom is -0.466 e. The summed E-state index contributed by atoms with van der Waals surface area (Å²) in [7, 11) is 0. The topological polar surface area (TPSA) is 72.6 Å². The lowest BCUT2D eigenvalue weighted by molar-refractivity contribution is -0.151. The standard InChI is InChI=1S/C19H21FN2O4/c1-2-25-19(24)14-4-3-9-22(12-14)18(23)11-16-10-17(26-21-16)13-5-7-15(20)8-6-13/h5-8,10,14H,2-4,9,11-12H2,1H3. The van der Waals surface area contributed by atoms with E-state index in [9.17, 15) is 14.0 Å². The normalized spacial score (nSPS) is 17.2. The van der Waals surface area contributed by atoms with Crippen LogP contribution in [-0.2, 0) is 20.7 Å². The van der Waals surface area contributed by atoms with Crippen LogP contribution in [0.25, 0.3) is 11.3 Å². The van der Waals surface area contributed by atoms with E-state index in [2.05, 4.69) is 5.16 Å². The highest BCUT2D eigenvalue weighted by atomic mass is 19.1. The van der Waals surface area contributed by atoms with Gasteiger partial charge in [-0.15, -0.1) is 0 Å². The van der Waals surface area contributed by atoms with Crippen molar-refractivity contribution in [2.75, 3.05) is 19.7 Å². The first-order valence-electron chi connectivity index (χ1n) is 8.72. The number of benzene rings is 1. The number of halogens is 1. The van der Waals surface area contributed by atoms with E-state index in [0.717, 1.165) is 12.8 Å². The van der Waals surface area contributed by atoms with Crippen molar-refractivity contribution in [3.63, 3.8) is 0 Å². The summed E-state index contributed by atoms with van der Waals surface area (Å²) in [6.45, 7) is 3.11. The Balaban J connectivity index is 1.61. The van der Waals surface area contributed by atoms with E-state index in [4.69, 9.17) is 9.26 Å². The molecule has 26 heavy (non-hydrogen) atoms. The van der Waals surface area contributed by atoms with Crippen molar-refractivity contribution >= 4 is 11.9 Å². The van der Waals surface area contributed by atoms with Crippen LogP contribution in [0, 0.1) is 11.7 Å². The van der Waals surface area contributed by atoms with Gasteiger partial charge in [0.15, 0.2) is 5.76 Å². The molecule has 0 bridgehead atoms. The summed E-state index contributed by atoms with van der Waals surface area (Å²) >= 11 is 0. The van der Waals surface area contributed by atoms with Crippen molar-refractivity contribution in [1.82, 2.24) is 10.1 Å². The molecule has 0 N–H and O–H groups in total. The van der Waals surface area contributed by atoms with Gasteiger partial charge in [-0.2, -0.15) is 0 Å². The third kappa shape index (κ3) is 4.28. The summed E-state index contributed by atoms with van der Waals surface area (Å²) in [5.41, 5.74) is 1.20. The van der Waals surface area contributed by atoms with Gasteiger partial charge in [0, 0.05) is 24.7 Å². The molecule has 3 rings (SSSR count). The predicted octanol–water partition coefficient (Wildman–Crippen LogP) is 2.82. The molecule has 1 atom stereocenters.